The van der Waals surface area contributed by atoms with Crippen LogP contribution in [0.2, 0.25) is 0 Å². The van der Waals surface area contributed by atoms with Gasteiger partial charge in [0, 0.05) is 0 Å². The van der Waals surface area contributed by atoms with Crippen LogP contribution in [0.15, 0.2) is 103 Å². The van der Waals surface area contributed by atoms with Crippen LogP contribution < -0.4 is 25.4 Å². The molecule has 0 atom stereocenters. The van der Waals surface area contributed by atoms with Gasteiger partial charge in [0.15, 0.2) is 0 Å². The molecule has 0 saturated carbocycles. The fraction of sp³-hybridized carbons (Fsp3) is 0.111. The van der Waals surface area contributed by atoms with Crippen LogP contribution in [0, 0.1) is 3.57 Å². The Morgan fingerprint density at radius 2 is 1.03 bits per heavy atom. The molecule has 5 heteroatoms. The van der Waals surface area contributed by atoms with Crippen molar-refractivity contribution in [1.29, 1.82) is 0 Å². The van der Waals surface area contributed by atoms with E-state index in [0.717, 1.165) is 21.2 Å². The number of ether oxygens (including phenoxy) is 2. The van der Waals surface area contributed by atoms with Crippen molar-refractivity contribution in [2.75, 3.05) is 14.2 Å². The van der Waals surface area contributed by atoms with E-state index >= 15 is 0 Å². The first-order valence-electron chi connectivity index (χ1n) is 10.3. The number of halogens is 2. The zero-order chi connectivity index (χ0) is 22.6. The molecule has 164 valence electrons. The molecular formula is C27H25BrIO2P. The second kappa shape index (κ2) is 9.54. The van der Waals surface area contributed by atoms with Crippen LogP contribution in [0.3, 0.4) is 0 Å². The molecule has 32 heavy (non-hydrogen) atoms. The van der Waals surface area contributed by atoms with E-state index in [0.29, 0.717) is 0 Å². The predicted octanol–water partition coefficient (Wildman–Crippen LogP) is 6.65. The molecular weight excluding hydrogens is 594 g/mol. The summed E-state index contributed by atoms with van der Waals surface area (Å²) in [7, 11) is 3.37. The third-order valence-corrected chi connectivity index (χ3v) is 16.4. The third kappa shape index (κ3) is 3.98. The molecule has 0 radical (unpaired) electrons. The van der Waals surface area contributed by atoms with Gasteiger partial charge in [0.05, 0.1) is 0 Å². The van der Waals surface area contributed by atoms with Gasteiger partial charge in [-0.25, -0.2) is 0 Å². The van der Waals surface area contributed by atoms with Gasteiger partial charge in [-0.05, 0) is 0 Å². The summed E-state index contributed by atoms with van der Waals surface area (Å²) in [6.07, 6.45) is 0.808. The van der Waals surface area contributed by atoms with Crippen LogP contribution in [0.4, 0.5) is 0 Å². The van der Waals surface area contributed by atoms with Crippen LogP contribution >= 0.6 is 43.4 Å². The Hall–Kier alpha value is -1.88. The second-order valence-electron chi connectivity index (χ2n) is 7.65. The molecule has 4 aromatic carbocycles. The molecule has 0 fully saturated rings. The first-order valence-corrected chi connectivity index (χ1v) is 15.8. The van der Waals surface area contributed by atoms with E-state index in [-0.39, 0.29) is 0 Å². The average molecular weight is 619 g/mol. The summed E-state index contributed by atoms with van der Waals surface area (Å²) in [6, 6.07) is 36.7. The fourth-order valence-corrected chi connectivity index (χ4v) is 12.9. The van der Waals surface area contributed by atoms with Gasteiger partial charge in [-0.1, -0.05) is 0 Å². The molecule has 0 N–H and O–H groups in total. The van der Waals surface area contributed by atoms with Gasteiger partial charge in [-0.3, -0.25) is 0 Å². The van der Waals surface area contributed by atoms with E-state index in [9.17, 15) is 0 Å². The molecule has 4 aromatic rings. The van der Waals surface area contributed by atoms with Gasteiger partial charge in [0.1, 0.15) is 0 Å². The average Bonchev–Trinajstić information content (AvgIpc) is 2.86. The Labute approximate surface area is 211 Å². The van der Waals surface area contributed by atoms with Crippen molar-refractivity contribution in [3.8, 4) is 11.5 Å². The molecule has 0 saturated heterocycles. The Morgan fingerprint density at radius 3 is 1.41 bits per heavy atom. The standard InChI is InChI=1S/C27H25BrIO2P/c1-30-26-18-21(25(29)19-27(26)31-2)20-32(28,22-12-6-3-7-13-22,23-14-8-4-9-15-23)24-16-10-5-11-17-24/h3-19H,20H2,1-2H3. The van der Waals surface area contributed by atoms with Crippen molar-refractivity contribution in [3.05, 3.63) is 112 Å². The first kappa shape index (κ1) is 23.3. The Kier molecular flexibility index (Phi) is 6.94. The van der Waals surface area contributed by atoms with E-state index in [1.165, 1.54) is 21.5 Å². The van der Waals surface area contributed by atoms with Crippen LogP contribution in [-0.4, -0.2) is 14.2 Å². The topological polar surface area (TPSA) is 18.5 Å². The van der Waals surface area contributed by atoms with Crippen molar-refractivity contribution in [1.82, 2.24) is 0 Å². The Bertz CT molecular complexity index is 1100. The van der Waals surface area contributed by atoms with Crippen LogP contribution in [0.5, 0.6) is 11.5 Å². The summed E-state index contributed by atoms with van der Waals surface area (Å²) in [4.78, 5) is 0. The molecule has 0 heterocycles. The number of rotatable bonds is 7. The Balaban J connectivity index is 2.08. The zero-order valence-corrected chi connectivity index (χ0v) is 22.7. The molecule has 0 aliphatic rings. The SMILES string of the molecule is COc1cc(I)c(CP(Br)(c2ccccc2)(c2ccccc2)c2ccccc2)cc1OC. The van der Waals surface area contributed by atoms with E-state index in [1.807, 2.05) is 0 Å². The van der Waals surface area contributed by atoms with Crippen molar-refractivity contribution in [2.45, 2.75) is 6.16 Å². The second-order valence-corrected chi connectivity index (χ2v) is 17.7. The van der Waals surface area contributed by atoms with Gasteiger partial charge >= 0.3 is 213 Å². The molecule has 0 aliphatic heterocycles. The van der Waals surface area contributed by atoms with Gasteiger partial charge in [-0.2, -0.15) is 0 Å². The van der Waals surface area contributed by atoms with Crippen LogP contribution in [0.1, 0.15) is 5.56 Å². The molecule has 0 amide bonds. The molecule has 0 bridgehead atoms. The minimum atomic E-state index is -3.07. The molecule has 0 aliphatic carbocycles. The van der Waals surface area contributed by atoms with Gasteiger partial charge in [0.2, 0.25) is 0 Å². The normalized spacial score (nSPS) is 12.6. The quantitative estimate of drug-likeness (QED) is 0.171. The fourth-order valence-electron chi connectivity index (χ4n) is 4.27. The first-order chi connectivity index (χ1) is 15.5. The molecule has 4 rings (SSSR count). The van der Waals surface area contributed by atoms with E-state index in [4.69, 9.17) is 9.47 Å². The maximum absolute atomic E-state index is 5.67. The molecule has 0 spiro atoms. The molecule has 0 unspecified atom stereocenters. The summed E-state index contributed by atoms with van der Waals surface area (Å²) in [6.45, 7) is 0. The van der Waals surface area contributed by atoms with Crippen molar-refractivity contribution in [3.63, 3.8) is 0 Å². The van der Waals surface area contributed by atoms with E-state index in [1.54, 1.807) is 14.2 Å². The van der Waals surface area contributed by atoms with Crippen molar-refractivity contribution < 1.29 is 9.47 Å². The van der Waals surface area contributed by atoms with Crippen molar-refractivity contribution in [2.24, 2.45) is 0 Å². The van der Waals surface area contributed by atoms with Crippen LogP contribution in [0.25, 0.3) is 0 Å². The van der Waals surface area contributed by atoms with Crippen LogP contribution in [-0.2, 0) is 6.16 Å². The van der Waals surface area contributed by atoms with E-state index in [2.05, 4.69) is 141 Å². The molecule has 2 nitrogen and oxygen atoms in total. The maximum atomic E-state index is 5.67. The summed E-state index contributed by atoms with van der Waals surface area (Å²) >= 11 is 6.94. The van der Waals surface area contributed by atoms with Gasteiger partial charge in [-0.15, -0.1) is 0 Å². The van der Waals surface area contributed by atoms with Gasteiger partial charge in [0.25, 0.3) is 0 Å². The Morgan fingerprint density at radius 1 is 0.656 bits per heavy atom. The number of hydrogen-bond donors (Lipinski definition) is 0. The monoisotopic (exact) mass is 618 g/mol. The number of hydrogen-bond acceptors (Lipinski definition) is 2. The van der Waals surface area contributed by atoms with Crippen molar-refractivity contribution >= 4 is 59.3 Å². The zero-order valence-electron chi connectivity index (χ0n) is 18.0. The number of benzene rings is 4. The summed E-state index contributed by atoms with van der Waals surface area (Å²) in [5.74, 6) is 1.49. The molecule has 0 aromatic heterocycles. The summed E-state index contributed by atoms with van der Waals surface area (Å²) in [5, 5.41) is 0.811. The minimum absolute atomic E-state index is 0.745. The summed E-state index contributed by atoms with van der Waals surface area (Å²) < 4.78 is 12.4. The van der Waals surface area contributed by atoms with Gasteiger partial charge < -0.3 is 0 Å². The number of methoxy groups -OCH3 is 2. The third-order valence-electron chi connectivity index (χ3n) is 5.90. The van der Waals surface area contributed by atoms with E-state index < -0.39 is 5.31 Å². The predicted molar refractivity (Wildman–Crippen MR) is 150 cm³/mol. The summed E-state index contributed by atoms with van der Waals surface area (Å²) in [5.41, 5.74) is 1.22.